The maximum absolute atomic E-state index is 12.1. The van der Waals surface area contributed by atoms with E-state index in [0.717, 1.165) is 27.0 Å². The van der Waals surface area contributed by atoms with Gasteiger partial charge in [0.15, 0.2) is 5.13 Å². The molecule has 0 unspecified atom stereocenters. The number of aryl methyl sites for hydroxylation is 3. The summed E-state index contributed by atoms with van der Waals surface area (Å²) in [6.07, 6.45) is 3.71. The lowest BCUT2D eigenvalue weighted by Crippen LogP contribution is -2.13. The molecule has 3 rings (SSSR count). The highest BCUT2D eigenvalue weighted by molar-refractivity contribution is 7.15. The van der Waals surface area contributed by atoms with Crippen molar-refractivity contribution in [2.24, 2.45) is 0 Å². The van der Waals surface area contributed by atoms with Crippen LogP contribution in [0.1, 0.15) is 21.6 Å². The van der Waals surface area contributed by atoms with E-state index < -0.39 is 0 Å². The summed E-state index contributed by atoms with van der Waals surface area (Å²) in [5, 5.41) is 4.46. The van der Waals surface area contributed by atoms with Crippen LogP contribution in [0.3, 0.4) is 0 Å². The fourth-order valence-electron chi connectivity index (χ4n) is 2.27. The molecule has 5 heteroatoms. The quantitative estimate of drug-likeness (QED) is 0.795. The van der Waals surface area contributed by atoms with Gasteiger partial charge < -0.3 is 9.73 Å². The molecule has 2 aromatic heterocycles. The highest BCUT2D eigenvalue weighted by Crippen LogP contribution is 2.27. The van der Waals surface area contributed by atoms with Gasteiger partial charge in [0.25, 0.3) is 0 Å². The van der Waals surface area contributed by atoms with Gasteiger partial charge in [-0.3, -0.25) is 4.79 Å². The molecule has 0 saturated heterocycles. The number of anilines is 1. The Morgan fingerprint density at radius 2 is 2.14 bits per heavy atom. The summed E-state index contributed by atoms with van der Waals surface area (Å²) < 4.78 is 5.62. The van der Waals surface area contributed by atoms with Crippen molar-refractivity contribution in [1.82, 2.24) is 4.98 Å². The standard InChI is InChI=1S/C16H16N2O2S/c1-9-4-5-13-12(8-20-15(13)11(9)3)6-14(19)18-16-17-7-10(2)21-16/h4-5,7-8H,6H2,1-3H3,(H,17,18,19). The second-order valence-corrected chi connectivity index (χ2v) is 6.38. The zero-order valence-corrected chi connectivity index (χ0v) is 13.0. The Morgan fingerprint density at radius 3 is 2.86 bits per heavy atom. The van der Waals surface area contributed by atoms with Gasteiger partial charge in [0, 0.05) is 22.0 Å². The molecular weight excluding hydrogens is 284 g/mol. The normalized spacial score (nSPS) is 11.0. The number of benzene rings is 1. The number of carbonyl (C=O) groups is 1. The number of aromatic nitrogens is 1. The first-order valence-electron chi connectivity index (χ1n) is 6.73. The minimum Gasteiger partial charge on any atom is -0.464 e. The lowest BCUT2D eigenvalue weighted by Gasteiger charge is -2.02. The van der Waals surface area contributed by atoms with E-state index in [1.165, 1.54) is 16.9 Å². The van der Waals surface area contributed by atoms with Crippen LogP contribution in [0.2, 0.25) is 0 Å². The Morgan fingerprint density at radius 1 is 1.33 bits per heavy atom. The third kappa shape index (κ3) is 2.69. The van der Waals surface area contributed by atoms with Gasteiger partial charge in [-0.1, -0.05) is 12.1 Å². The van der Waals surface area contributed by atoms with Gasteiger partial charge in [0.1, 0.15) is 5.58 Å². The molecule has 0 saturated carbocycles. The minimum atomic E-state index is -0.0784. The van der Waals surface area contributed by atoms with Crippen molar-refractivity contribution in [3.05, 3.63) is 46.2 Å². The van der Waals surface area contributed by atoms with Crippen molar-refractivity contribution in [1.29, 1.82) is 0 Å². The fraction of sp³-hybridized carbons (Fsp3) is 0.250. The molecule has 1 amide bonds. The largest absolute Gasteiger partial charge is 0.464 e. The second kappa shape index (κ2) is 5.33. The van der Waals surface area contributed by atoms with Crippen molar-refractivity contribution < 1.29 is 9.21 Å². The van der Waals surface area contributed by atoms with Crippen LogP contribution >= 0.6 is 11.3 Å². The molecule has 0 radical (unpaired) electrons. The lowest BCUT2D eigenvalue weighted by atomic mass is 10.0. The van der Waals surface area contributed by atoms with Crippen LogP contribution in [0.4, 0.5) is 5.13 Å². The van der Waals surface area contributed by atoms with Crippen LogP contribution < -0.4 is 5.32 Å². The topological polar surface area (TPSA) is 55.1 Å². The molecule has 0 aliphatic rings. The molecule has 0 bridgehead atoms. The molecule has 0 atom stereocenters. The highest BCUT2D eigenvalue weighted by atomic mass is 32.1. The Bertz CT molecular complexity index is 817. The van der Waals surface area contributed by atoms with Crippen LogP contribution in [0.15, 0.2) is 29.0 Å². The molecular formula is C16H16N2O2S. The number of amides is 1. The number of furan rings is 1. The second-order valence-electron chi connectivity index (χ2n) is 5.15. The third-order valence-electron chi connectivity index (χ3n) is 3.56. The number of rotatable bonds is 3. The Labute approximate surface area is 126 Å². The molecule has 0 spiro atoms. The predicted octanol–water partition coefficient (Wildman–Crippen LogP) is 4.00. The van der Waals surface area contributed by atoms with Crippen LogP contribution in [0.25, 0.3) is 11.0 Å². The summed E-state index contributed by atoms with van der Waals surface area (Å²) >= 11 is 1.47. The number of hydrogen-bond donors (Lipinski definition) is 1. The third-order valence-corrected chi connectivity index (χ3v) is 4.39. The van der Waals surface area contributed by atoms with E-state index in [1.807, 2.05) is 19.9 Å². The first kappa shape index (κ1) is 13.8. The number of hydrogen-bond acceptors (Lipinski definition) is 4. The predicted molar refractivity (Wildman–Crippen MR) is 84.9 cm³/mol. The van der Waals surface area contributed by atoms with E-state index in [-0.39, 0.29) is 12.3 Å². The van der Waals surface area contributed by atoms with E-state index >= 15 is 0 Å². The number of thiazole rings is 1. The van der Waals surface area contributed by atoms with E-state index in [4.69, 9.17) is 4.42 Å². The van der Waals surface area contributed by atoms with Crippen molar-refractivity contribution >= 4 is 33.3 Å². The Kier molecular flexibility index (Phi) is 3.51. The number of carbonyl (C=O) groups excluding carboxylic acids is 1. The number of nitrogens with one attached hydrogen (secondary N) is 1. The molecule has 2 heterocycles. The maximum Gasteiger partial charge on any atom is 0.230 e. The molecule has 1 N–H and O–H groups in total. The van der Waals surface area contributed by atoms with E-state index in [9.17, 15) is 4.79 Å². The van der Waals surface area contributed by atoms with Crippen LogP contribution in [-0.4, -0.2) is 10.9 Å². The van der Waals surface area contributed by atoms with E-state index in [0.29, 0.717) is 5.13 Å². The van der Waals surface area contributed by atoms with Gasteiger partial charge in [-0.15, -0.1) is 11.3 Å². The average Bonchev–Trinajstić information content (AvgIpc) is 3.01. The zero-order valence-electron chi connectivity index (χ0n) is 12.2. The van der Waals surface area contributed by atoms with Gasteiger partial charge in [0.2, 0.25) is 5.91 Å². The lowest BCUT2D eigenvalue weighted by molar-refractivity contribution is -0.115. The Balaban J connectivity index is 1.82. The van der Waals surface area contributed by atoms with Crippen molar-refractivity contribution in [3.63, 3.8) is 0 Å². The smallest absolute Gasteiger partial charge is 0.230 e. The average molecular weight is 300 g/mol. The molecule has 0 aliphatic carbocycles. The molecule has 1 aromatic carbocycles. The van der Waals surface area contributed by atoms with Crippen LogP contribution in [0.5, 0.6) is 0 Å². The monoisotopic (exact) mass is 300 g/mol. The molecule has 4 nitrogen and oxygen atoms in total. The zero-order chi connectivity index (χ0) is 15.0. The molecule has 3 aromatic rings. The van der Waals surface area contributed by atoms with Crippen molar-refractivity contribution in [2.75, 3.05) is 5.32 Å². The summed E-state index contributed by atoms with van der Waals surface area (Å²) in [6.45, 7) is 6.04. The van der Waals surface area contributed by atoms with Crippen LogP contribution in [0, 0.1) is 20.8 Å². The van der Waals surface area contributed by atoms with Crippen molar-refractivity contribution in [3.8, 4) is 0 Å². The van der Waals surface area contributed by atoms with E-state index in [1.54, 1.807) is 12.5 Å². The molecule has 21 heavy (non-hydrogen) atoms. The van der Waals surface area contributed by atoms with Gasteiger partial charge >= 0.3 is 0 Å². The summed E-state index contributed by atoms with van der Waals surface area (Å²) in [5.41, 5.74) is 4.07. The maximum atomic E-state index is 12.1. The van der Waals surface area contributed by atoms with Gasteiger partial charge in [-0.25, -0.2) is 4.98 Å². The SMILES string of the molecule is Cc1cnc(NC(=O)Cc2coc3c(C)c(C)ccc23)s1. The summed E-state index contributed by atoms with van der Waals surface area (Å²) in [7, 11) is 0. The Hall–Kier alpha value is -2.14. The number of nitrogens with zero attached hydrogens (tertiary/aromatic N) is 1. The molecule has 108 valence electrons. The van der Waals surface area contributed by atoms with Gasteiger partial charge in [-0.2, -0.15) is 0 Å². The van der Waals surface area contributed by atoms with Crippen molar-refractivity contribution in [2.45, 2.75) is 27.2 Å². The summed E-state index contributed by atoms with van der Waals surface area (Å²) in [4.78, 5) is 17.3. The first-order valence-corrected chi connectivity index (χ1v) is 7.55. The fourth-order valence-corrected chi connectivity index (χ4v) is 2.95. The van der Waals surface area contributed by atoms with Crippen LogP contribution in [-0.2, 0) is 11.2 Å². The molecule has 0 aliphatic heterocycles. The molecule has 0 fully saturated rings. The highest BCUT2D eigenvalue weighted by Gasteiger charge is 2.13. The number of fused-ring (bicyclic) bond motifs is 1. The van der Waals surface area contributed by atoms with E-state index in [2.05, 4.69) is 23.3 Å². The summed E-state index contributed by atoms with van der Waals surface area (Å²) in [6, 6.07) is 4.07. The van der Waals surface area contributed by atoms with Gasteiger partial charge in [0.05, 0.1) is 12.7 Å². The first-order chi connectivity index (χ1) is 10.0. The van der Waals surface area contributed by atoms with Gasteiger partial charge in [-0.05, 0) is 31.9 Å². The summed E-state index contributed by atoms with van der Waals surface area (Å²) in [5.74, 6) is -0.0784. The minimum absolute atomic E-state index is 0.0784.